The molecule has 7 heteroatoms. The third-order valence-electron chi connectivity index (χ3n) is 6.63. The molecule has 2 unspecified atom stereocenters. The molecule has 2 fully saturated rings. The summed E-state index contributed by atoms with van der Waals surface area (Å²) in [4.78, 5) is 25.7. The van der Waals surface area contributed by atoms with Crippen molar-refractivity contribution >= 4 is 11.9 Å². The van der Waals surface area contributed by atoms with Crippen LogP contribution in [0, 0.1) is 5.92 Å². The molecule has 2 aliphatic heterocycles. The Kier molecular flexibility index (Phi) is 6.89. The average molecular weight is 423 g/mol. The number of nitrogens with zero attached hydrogens (tertiary/aromatic N) is 5. The first-order valence-electron chi connectivity index (χ1n) is 11.5. The lowest BCUT2D eigenvalue weighted by atomic mass is 9.93. The summed E-state index contributed by atoms with van der Waals surface area (Å²) in [5.74, 6) is 1.68. The SMILES string of the molecule is CN=C(NCc1ccc(C(=O)N2CCCCC2)cc1)N1CCC(C)C(n2ccnc2)C1. The first-order chi connectivity index (χ1) is 15.2. The number of aromatic nitrogens is 2. The van der Waals surface area contributed by atoms with Gasteiger partial charge in [-0.15, -0.1) is 0 Å². The number of imidazole rings is 1. The average Bonchev–Trinajstić information content (AvgIpc) is 3.35. The van der Waals surface area contributed by atoms with Crippen LogP contribution in [0.1, 0.15) is 54.6 Å². The van der Waals surface area contributed by atoms with E-state index in [9.17, 15) is 4.79 Å². The van der Waals surface area contributed by atoms with Crippen molar-refractivity contribution in [2.24, 2.45) is 10.9 Å². The van der Waals surface area contributed by atoms with Gasteiger partial charge >= 0.3 is 0 Å². The minimum atomic E-state index is 0.156. The lowest BCUT2D eigenvalue weighted by Crippen LogP contribution is -2.48. The fourth-order valence-corrected chi connectivity index (χ4v) is 4.65. The second-order valence-corrected chi connectivity index (χ2v) is 8.74. The van der Waals surface area contributed by atoms with Crippen LogP contribution in [0.15, 0.2) is 48.0 Å². The summed E-state index contributed by atoms with van der Waals surface area (Å²) in [6.07, 6.45) is 10.4. The van der Waals surface area contributed by atoms with Gasteiger partial charge in [0, 0.05) is 57.7 Å². The standard InChI is InChI=1S/C24H34N6O/c1-19-10-14-29(17-22(19)30-15-11-26-18-30)24(25-2)27-16-20-6-8-21(9-7-20)23(31)28-12-4-3-5-13-28/h6-9,11,15,18-19,22H,3-5,10,12-14,16-17H2,1-2H3,(H,25,27). The summed E-state index contributed by atoms with van der Waals surface area (Å²) in [6, 6.07) is 8.39. The molecule has 166 valence electrons. The molecule has 0 bridgehead atoms. The minimum Gasteiger partial charge on any atom is -0.352 e. The van der Waals surface area contributed by atoms with E-state index in [4.69, 9.17) is 0 Å². The van der Waals surface area contributed by atoms with Gasteiger partial charge in [-0.05, 0) is 49.3 Å². The number of carbonyl (C=O) groups is 1. The summed E-state index contributed by atoms with van der Waals surface area (Å²) in [7, 11) is 1.84. The number of carbonyl (C=O) groups excluding carboxylic acids is 1. The van der Waals surface area contributed by atoms with Crippen molar-refractivity contribution in [1.29, 1.82) is 0 Å². The highest BCUT2D eigenvalue weighted by molar-refractivity contribution is 5.94. The molecule has 3 heterocycles. The Morgan fingerprint density at radius 1 is 1.13 bits per heavy atom. The van der Waals surface area contributed by atoms with Crippen molar-refractivity contribution in [2.75, 3.05) is 33.2 Å². The molecule has 0 radical (unpaired) electrons. The molecule has 7 nitrogen and oxygen atoms in total. The molecular weight excluding hydrogens is 388 g/mol. The summed E-state index contributed by atoms with van der Waals surface area (Å²) in [6.45, 7) is 6.67. The van der Waals surface area contributed by atoms with E-state index in [0.29, 0.717) is 18.5 Å². The molecule has 2 atom stereocenters. The van der Waals surface area contributed by atoms with Crippen LogP contribution in [0.2, 0.25) is 0 Å². The monoisotopic (exact) mass is 422 g/mol. The molecule has 0 saturated carbocycles. The zero-order valence-corrected chi connectivity index (χ0v) is 18.7. The highest BCUT2D eigenvalue weighted by Gasteiger charge is 2.28. The predicted octanol–water partition coefficient (Wildman–Crippen LogP) is 3.17. The molecule has 2 aliphatic rings. The van der Waals surface area contributed by atoms with Gasteiger partial charge in [0.1, 0.15) is 0 Å². The van der Waals surface area contributed by atoms with Gasteiger partial charge in [-0.1, -0.05) is 19.1 Å². The molecule has 1 N–H and O–H groups in total. The van der Waals surface area contributed by atoms with Gasteiger partial charge in [-0.25, -0.2) is 4.98 Å². The summed E-state index contributed by atoms with van der Waals surface area (Å²) >= 11 is 0. The molecule has 0 aliphatic carbocycles. The zero-order chi connectivity index (χ0) is 21.6. The van der Waals surface area contributed by atoms with Gasteiger partial charge < -0.3 is 19.7 Å². The lowest BCUT2D eigenvalue weighted by molar-refractivity contribution is 0.0724. The Labute approximate surface area is 185 Å². The normalized spacial score (nSPS) is 22.5. The quantitative estimate of drug-likeness (QED) is 0.607. The van der Waals surface area contributed by atoms with E-state index in [-0.39, 0.29) is 5.91 Å². The van der Waals surface area contributed by atoms with E-state index in [2.05, 4.69) is 31.7 Å². The molecule has 2 aromatic rings. The molecule has 1 aromatic carbocycles. The van der Waals surface area contributed by atoms with E-state index in [0.717, 1.165) is 62.5 Å². The van der Waals surface area contributed by atoms with Crippen LogP contribution in [0.25, 0.3) is 0 Å². The van der Waals surface area contributed by atoms with Crippen molar-refractivity contribution in [1.82, 2.24) is 24.7 Å². The highest BCUT2D eigenvalue weighted by Crippen LogP contribution is 2.27. The van der Waals surface area contributed by atoms with Crippen LogP contribution in [0.3, 0.4) is 0 Å². The zero-order valence-electron chi connectivity index (χ0n) is 18.7. The number of piperidine rings is 2. The number of rotatable bonds is 4. The molecular formula is C24H34N6O. The first-order valence-corrected chi connectivity index (χ1v) is 11.5. The number of hydrogen-bond donors (Lipinski definition) is 1. The Bertz CT molecular complexity index is 870. The topological polar surface area (TPSA) is 65.8 Å². The highest BCUT2D eigenvalue weighted by atomic mass is 16.2. The van der Waals surface area contributed by atoms with Crippen LogP contribution >= 0.6 is 0 Å². The van der Waals surface area contributed by atoms with Crippen LogP contribution in [-0.4, -0.2) is 64.4 Å². The van der Waals surface area contributed by atoms with Crippen LogP contribution in [0.5, 0.6) is 0 Å². The number of aliphatic imine (C=N–C) groups is 1. The van der Waals surface area contributed by atoms with Crippen molar-refractivity contribution in [3.8, 4) is 0 Å². The maximum atomic E-state index is 12.7. The molecule has 1 aromatic heterocycles. The number of likely N-dealkylation sites (tertiary alicyclic amines) is 2. The number of hydrogen-bond acceptors (Lipinski definition) is 3. The Morgan fingerprint density at radius 2 is 1.90 bits per heavy atom. The van der Waals surface area contributed by atoms with E-state index >= 15 is 0 Å². The first kappa shape index (κ1) is 21.4. The van der Waals surface area contributed by atoms with Gasteiger partial charge in [0.25, 0.3) is 5.91 Å². The largest absolute Gasteiger partial charge is 0.352 e. The predicted molar refractivity (Wildman–Crippen MR) is 123 cm³/mol. The number of benzene rings is 1. The minimum absolute atomic E-state index is 0.156. The number of nitrogens with one attached hydrogen (secondary N) is 1. The Balaban J connectivity index is 1.34. The van der Waals surface area contributed by atoms with Gasteiger partial charge in [0.05, 0.1) is 12.4 Å². The third-order valence-corrected chi connectivity index (χ3v) is 6.63. The van der Waals surface area contributed by atoms with Crippen molar-refractivity contribution < 1.29 is 4.79 Å². The summed E-state index contributed by atoms with van der Waals surface area (Å²) in [5.41, 5.74) is 1.93. The fraction of sp³-hybridized carbons (Fsp3) is 0.542. The summed E-state index contributed by atoms with van der Waals surface area (Å²) < 4.78 is 2.21. The van der Waals surface area contributed by atoms with Crippen molar-refractivity contribution in [2.45, 2.75) is 45.2 Å². The second kappa shape index (κ2) is 9.98. The summed E-state index contributed by atoms with van der Waals surface area (Å²) in [5, 5.41) is 3.50. The maximum absolute atomic E-state index is 12.7. The number of guanidine groups is 1. The lowest BCUT2D eigenvalue weighted by Gasteiger charge is -2.39. The van der Waals surface area contributed by atoms with Crippen LogP contribution in [0.4, 0.5) is 0 Å². The maximum Gasteiger partial charge on any atom is 0.253 e. The fourth-order valence-electron chi connectivity index (χ4n) is 4.65. The Hall–Kier alpha value is -2.83. The van der Waals surface area contributed by atoms with E-state index in [1.807, 2.05) is 54.9 Å². The van der Waals surface area contributed by atoms with E-state index in [1.54, 1.807) is 0 Å². The molecule has 4 rings (SSSR count). The molecule has 1 amide bonds. The molecule has 2 saturated heterocycles. The van der Waals surface area contributed by atoms with Gasteiger partial charge in [0.15, 0.2) is 5.96 Å². The Morgan fingerprint density at radius 3 is 2.58 bits per heavy atom. The van der Waals surface area contributed by atoms with E-state index in [1.165, 1.54) is 6.42 Å². The van der Waals surface area contributed by atoms with E-state index < -0.39 is 0 Å². The second-order valence-electron chi connectivity index (χ2n) is 8.74. The van der Waals surface area contributed by atoms with Gasteiger partial charge in [0.2, 0.25) is 0 Å². The van der Waals surface area contributed by atoms with Gasteiger partial charge in [-0.3, -0.25) is 9.79 Å². The van der Waals surface area contributed by atoms with Crippen molar-refractivity contribution in [3.05, 3.63) is 54.1 Å². The smallest absolute Gasteiger partial charge is 0.253 e. The van der Waals surface area contributed by atoms with Crippen LogP contribution in [-0.2, 0) is 6.54 Å². The van der Waals surface area contributed by atoms with Crippen molar-refractivity contribution in [3.63, 3.8) is 0 Å². The van der Waals surface area contributed by atoms with Crippen LogP contribution < -0.4 is 5.32 Å². The van der Waals surface area contributed by atoms with Gasteiger partial charge in [-0.2, -0.15) is 0 Å². The molecule has 0 spiro atoms. The number of amides is 1. The molecule has 31 heavy (non-hydrogen) atoms. The third kappa shape index (κ3) is 5.09.